The summed E-state index contributed by atoms with van der Waals surface area (Å²) in [6, 6.07) is 0. The van der Waals surface area contributed by atoms with Gasteiger partial charge in [-0.3, -0.25) is 4.79 Å². The van der Waals surface area contributed by atoms with Crippen LogP contribution < -0.4 is 5.73 Å². The summed E-state index contributed by atoms with van der Waals surface area (Å²) < 4.78 is 0. The van der Waals surface area contributed by atoms with E-state index in [1.165, 1.54) is 5.56 Å². The summed E-state index contributed by atoms with van der Waals surface area (Å²) >= 11 is 0. The molecule has 0 bridgehead atoms. The maximum absolute atomic E-state index is 12.6. The highest BCUT2D eigenvalue weighted by Crippen LogP contribution is 2.33. The number of amides is 1. The van der Waals surface area contributed by atoms with Crippen molar-refractivity contribution in [2.45, 2.75) is 32.2 Å². The van der Waals surface area contributed by atoms with E-state index in [1.807, 2.05) is 11.1 Å². The van der Waals surface area contributed by atoms with Gasteiger partial charge in [0.2, 0.25) is 5.91 Å². The zero-order valence-electron chi connectivity index (χ0n) is 11.1. The lowest BCUT2D eigenvalue weighted by atomic mass is 9.93. The molecule has 2 aliphatic rings. The van der Waals surface area contributed by atoms with Crippen LogP contribution in [0.5, 0.6) is 0 Å². The van der Waals surface area contributed by atoms with Gasteiger partial charge in [0.1, 0.15) is 6.33 Å². The van der Waals surface area contributed by atoms with Crippen molar-refractivity contribution in [3.05, 3.63) is 23.8 Å². The van der Waals surface area contributed by atoms with Crippen LogP contribution >= 0.6 is 0 Å². The molecule has 0 spiro atoms. The number of carbonyl (C=O) groups excluding carboxylic acids is 1. The molecule has 1 aliphatic carbocycles. The van der Waals surface area contributed by atoms with Crippen molar-refractivity contribution in [1.82, 2.24) is 14.9 Å². The molecule has 2 heterocycles. The fourth-order valence-corrected chi connectivity index (χ4v) is 3.32. The molecular weight excluding hydrogens is 240 g/mol. The number of aromatic nitrogens is 2. The van der Waals surface area contributed by atoms with Crippen molar-refractivity contribution in [2.24, 2.45) is 17.6 Å². The average Bonchev–Trinajstić information content (AvgIpc) is 2.94. The molecular formula is C14H20N4O. The Bertz CT molecular complexity index is 476. The van der Waals surface area contributed by atoms with Crippen LogP contribution in [0.1, 0.15) is 30.5 Å². The monoisotopic (exact) mass is 260 g/mol. The van der Waals surface area contributed by atoms with E-state index in [9.17, 15) is 4.79 Å². The van der Waals surface area contributed by atoms with E-state index in [4.69, 9.17) is 5.73 Å². The largest absolute Gasteiger partial charge is 0.336 e. The third-order valence-corrected chi connectivity index (χ3v) is 4.46. The number of carbonyl (C=O) groups is 1. The number of hydrogen-bond donors (Lipinski definition) is 1. The van der Waals surface area contributed by atoms with Crippen LogP contribution in [-0.4, -0.2) is 33.9 Å². The Hall–Kier alpha value is -1.49. The molecule has 19 heavy (non-hydrogen) atoms. The summed E-state index contributed by atoms with van der Waals surface area (Å²) in [4.78, 5) is 22.9. The number of fused-ring (bicyclic) bond motifs is 1. The van der Waals surface area contributed by atoms with Gasteiger partial charge in [-0.2, -0.15) is 0 Å². The minimum absolute atomic E-state index is 0.133. The highest BCUT2D eigenvalue weighted by atomic mass is 16.2. The van der Waals surface area contributed by atoms with Crippen molar-refractivity contribution in [2.75, 3.05) is 13.1 Å². The molecule has 3 rings (SSSR count). The van der Waals surface area contributed by atoms with Crippen LogP contribution in [0.25, 0.3) is 0 Å². The third-order valence-electron chi connectivity index (χ3n) is 4.46. The minimum Gasteiger partial charge on any atom is -0.336 e. The normalized spacial score (nSPS) is 26.3. The smallest absolute Gasteiger partial charge is 0.226 e. The van der Waals surface area contributed by atoms with E-state index in [1.54, 1.807) is 6.33 Å². The van der Waals surface area contributed by atoms with Crippen LogP contribution in [0.2, 0.25) is 0 Å². The highest BCUT2D eigenvalue weighted by molar-refractivity contribution is 5.79. The summed E-state index contributed by atoms with van der Waals surface area (Å²) in [5, 5.41) is 0. The molecule has 1 saturated carbocycles. The number of hydrogen-bond acceptors (Lipinski definition) is 4. The Morgan fingerprint density at radius 1 is 1.47 bits per heavy atom. The molecule has 102 valence electrons. The Morgan fingerprint density at radius 3 is 3.21 bits per heavy atom. The molecule has 5 nitrogen and oxygen atoms in total. The van der Waals surface area contributed by atoms with Gasteiger partial charge < -0.3 is 10.6 Å². The second-order valence-corrected chi connectivity index (χ2v) is 5.54. The summed E-state index contributed by atoms with van der Waals surface area (Å²) in [7, 11) is 0. The zero-order valence-corrected chi connectivity index (χ0v) is 11.1. The lowest BCUT2D eigenvalue weighted by Crippen LogP contribution is -2.42. The SMILES string of the molecule is NC[C@H]1CCC[C@H]1C(=O)N1CCc2cncnc2C1. The van der Waals surface area contributed by atoms with Gasteiger partial charge in [0.25, 0.3) is 0 Å². The van der Waals surface area contributed by atoms with Crippen LogP contribution in [0.4, 0.5) is 0 Å². The van der Waals surface area contributed by atoms with Gasteiger partial charge in [-0.15, -0.1) is 0 Å². The Labute approximate surface area is 113 Å². The fraction of sp³-hybridized carbons (Fsp3) is 0.643. The van der Waals surface area contributed by atoms with Crippen molar-refractivity contribution < 1.29 is 4.79 Å². The highest BCUT2D eigenvalue weighted by Gasteiger charge is 2.35. The first-order chi connectivity index (χ1) is 9.29. The molecule has 1 amide bonds. The summed E-state index contributed by atoms with van der Waals surface area (Å²) in [5.41, 5.74) is 7.95. The first-order valence-electron chi connectivity index (χ1n) is 7.06. The molecule has 1 aromatic heterocycles. The van der Waals surface area contributed by atoms with Gasteiger partial charge >= 0.3 is 0 Å². The summed E-state index contributed by atoms with van der Waals surface area (Å²) in [5.74, 6) is 0.782. The predicted molar refractivity (Wildman–Crippen MR) is 71.0 cm³/mol. The first kappa shape index (κ1) is 12.5. The Kier molecular flexibility index (Phi) is 3.46. The van der Waals surface area contributed by atoms with Crippen molar-refractivity contribution in [1.29, 1.82) is 0 Å². The van der Waals surface area contributed by atoms with Crippen LogP contribution in [0.3, 0.4) is 0 Å². The summed E-state index contributed by atoms with van der Waals surface area (Å²) in [6.07, 6.45) is 7.51. The lowest BCUT2D eigenvalue weighted by Gasteiger charge is -2.31. The maximum atomic E-state index is 12.6. The van der Waals surface area contributed by atoms with Crippen LogP contribution in [0.15, 0.2) is 12.5 Å². The molecule has 1 fully saturated rings. The molecule has 0 unspecified atom stereocenters. The maximum Gasteiger partial charge on any atom is 0.226 e. The first-order valence-corrected chi connectivity index (χ1v) is 7.06. The lowest BCUT2D eigenvalue weighted by molar-refractivity contribution is -0.137. The second kappa shape index (κ2) is 5.25. The Morgan fingerprint density at radius 2 is 2.37 bits per heavy atom. The number of nitrogens with two attached hydrogens (primary N) is 1. The number of rotatable bonds is 2. The van der Waals surface area contributed by atoms with Gasteiger partial charge in [-0.1, -0.05) is 6.42 Å². The molecule has 2 atom stereocenters. The van der Waals surface area contributed by atoms with E-state index in [2.05, 4.69) is 9.97 Å². The van der Waals surface area contributed by atoms with E-state index < -0.39 is 0 Å². The second-order valence-electron chi connectivity index (χ2n) is 5.54. The van der Waals surface area contributed by atoms with Gasteiger partial charge in [0.05, 0.1) is 12.2 Å². The van der Waals surface area contributed by atoms with Crippen LogP contribution in [0, 0.1) is 11.8 Å². The predicted octanol–water partition coefficient (Wildman–Crippen LogP) is 0.736. The molecule has 2 N–H and O–H groups in total. The molecule has 1 aromatic rings. The minimum atomic E-state index is 0.133. The average molecular weight is 260 g/mol. The standard InChI is InChI=1S/C14H20N4O/c15-6-10-2-1-3-12(10)14(19)18-5-4-11-7-16-9-17-13(11)8-18/h7,9-10,12H,1-6,8,15H2/t10-,12-/m1/s1. The van der Waals surface area contributed by atoms with E-state index in [0.29, 0.717) is 19.0 Å². The fourth-order valence-electron chi connectivity index (χ4n) is 3.32. The van der Waals surface area contributed by atoms with E-state index in [-0.39, 0.29) is 11.8 Å². The molecule has 0 aromatic carbocycles. The van der Waals surface area contributed by atoms with Crippen molar-refractivity contribution in [3.63, 3.8) is 0 Å². The molecule has 1 aliphatic heterocycles. The van der Waals surface area contributed by atoms with Crippen molar-refractivity contribution in [3.8, 4) is 0 Å². The number of nitrogens with zero attached hydrogens (tertiary/aromatic N) is 3. The topological polar surface area (TPSA) is 72.1 Å². The van der Waals surface area contributed by atoms with Crippen LogP contribution in [-0.2, 0) is 17.8 Å². The zero-order chi connectivity index (χ0) is 13.2. The van der Waals surface area contributed by atoms with E-state index >= 15 is 0 Å². The third kappa shape index (κ3) is 2.34. The van der Waals surface area contributed by atoms with Gasteiger partial charge in [0, 0.05) is 18.7 Å². The van der Waals surface area contributed by atoms with E-state index in [0.717, 1.165) is 37.9 Å². The quantitative estimate of drug-likeness (QED) is 0.851. The molecule has 0 saturated heterocycles. The van der Waals surface area contributed by atoms with Crippen molar-refractivity contribution >= 4 is 5.91 Å². The Balaban J connectivity index is 1.72. The molecule has 0 radical (unpaired) electrons. The van der Waals surface area contributed by atoms with Gasteiger partial charge in [-0.25, -0.2) is 9.97 Å². The van der Waals surface area contributed by atoms with Gasteiger partial charge in [0.15, 0.2) is 0 Å². The van der Waals surface area contributed by atoms with Gasteiger partial charge in [-0.05, 0) is 37.3 Å². The summed E-state index contributed by atoms with van der Waals surface area (Å²) in [6.45, 7) is 2.04. The molecule has 5 heteroatoms.